The van der Waals surface area contributed by atoms with E-state index in [0.717, 1.165) is 0 Å². The van der Waals surface area contributed by atoms with Gasteiger partial charge < -0.3 is 15.2 Å². The van der Waals surface area contributed by atoms with E-state index in [4.69, 9.17) is 4.74 Å². The van der Waals surface area contributed by atoms with Crippen LogP contribution in [0.25, 0.3) is 0 Å². The Morgan fingerprint density at radius 1 is 1.19 bits per heavy atom. The summed E-state index contributed by atoms with van der Waals surface area (Å²) in [7, 11) is -3.29. The molecule has 1 unspecified atom stereocenters. The Hall–Kier alpha value is -1.93. The molecule has 1 atom stereocenters. The fourth-order valence-electron chi connectivity index (χ4n) is 2.15. The van der Waals surface area contributed by atoms with Gasteiger partial charge in [-0.1, -0.05) is 19.1 Å². The largest absolute Gasteiger partial charge is 0.480 e. The molecule has 0 aromatic heterocycles. The summed E-state index contributed by atoms with van der Waals surface area (Å²) in [5, 5.41) is 11.7. The van der Waals surface area contributed by atoms with Crippen LogP contribution in [0.1, 0.15) is 39.7 Å². The molecule has 2 N–H and O–H groups in total. The molecule has 1 aromatic carbocycles. The number of aliphatic carboxylic acids is 1. The number of sulfone groups is 1. The number of carbonyl (C=O) groups excluding carboxylic acids is 1. The smallest absolute Gasteiger partial charge is 0.326 e. The second-order valence-electron chi connectivity index (χ2n) is 6.93. The van der Waals surface area contributed by atoms with Gasteiger partial charge in [0.05, 0.1) is 22.7 Å². The number of rotatable bonds is 9. The van der Waals surface area contributed by atoms with Crippen LogP contribution in [-0.4, -0.2) is 49.4 Å². The number of hydrogen-bond acceptors (Lipinski definition) is 5. The summed E-state index contributed by atoms with van der Waals surface area (Å²) in [5.74, 6) is -1.57. The van der Waals surface area contributed by atoms with E-state index in [1.54, 1.807) is 19.1 Å². The van der Waals surface area contributed by atoms with Gasteiger partial charge in [0.2, 0.25) is 5.91 Å². The molecule has 1 rings (SSSR count). The van der Waals surface area contributed by atoms with E-state index in [0.29, 0.717) is 5.56 Å². The van der Waals surface area contributed by atoms with Crippen molar-refractivity contribution in [1.29, 1.82) is 0 Å². The highest BCUT2D eigenvalue weighted by Crippen LogP contribution is 2.13. The minimum absolute atomic E-state index is 0.00373. The van der Waals surface area contributed by atoms with E-state index < -0.39 is 27.8 Å². The van der Waals surface area contributed by atoms with Gasteiger partial charge in [-0.2, -0.15) is 0 Å². The van der Waals surface area contributed by atoms with Gasteiger partial charge >= 0.3 is 5.97 Å². The minimum Gasteiger partial charge on any atom is -0.480 e. The molecule has 1 amide bonds. The average molecular weight is 385 g/mol. The lowest BCUT2D eigenvalue weighted by Crippen LogP contribution is -2.42. The number of hydrogen-bond donors (Lipinski definition) is 2. The Bertz CT molecular complexity index is 719. The molecule has 0 aliphatic carbocycles. The Balaban J connectivity index is 2.64. The fourth-order valence-corrected chi connectivity index (χ4v) is 3.04. The lowest BCUT2D eigenvalue weighted by molar-refractivity contribution is -0.142. The van der Waals surface area contributed by atoms with Crippen molar-refractivity contribution < 1.29 is 27.9 Å². The van der Waals surface area contributed by atoms with Gasteiger partial charge in [0.1, 0.15) is 6.04 Å². The third-order valence-corrected chi connectivity index (χ3v) is 5.35. The highest BCUT2D eigenvalue weighted by Gasteiger charge is 2.21. The van der Waals surface area contributed by atoms with Crippen LogP contribution in [-0.2, 0) is 30.6 Å². The number of benzene rings is 1. The highest BCUT2D eigenvalue weighted by molar-refractivity contribution is 7.91. The Labute approximate surface area is 154 Å². The van der Waals surface area contributed by atoms with Gasteiger partial charge in [-0.15, -0.1) is 0 Å². The van der Waals surface area contributed by atoms with Crippen molar-refractivity contribution >= 4 is 21.7 Å². The first-order valence-corrected chi connectivity index (χ1v) is 10.1. The van der Waals surface area contributed by atoms with Gasteiger partial charge in [-0.05, 0) is 38.5 Å². The highest BCUT2D eigenvalue weighted by atomic mass is 32.2. The number of nitrogens with one attached hydrogen (secondary N) is 1. The molecule has 0 bridgehead atoms. The monoisotopic (exact) mass is 385 g/mol. The normalized spacial score (nSPS) is 13.2. The first-order valence-electron chi connectivity index (χ1n) is 8.42. The molecule has 0 aliphatic rings. The first kappa shape index (κ1) is 22.1. The molecule has 0 radical (unpaired) electrons. The fraction of sp³-hybridized carbons (Fsp3) is 0.556. The number of carboxylic acids is 1. The SMILES string of the molecule is CCS(=O)(=O)c1ccc(CC(=O)NC(CCOC(C)(C)C)C(=O)O)cc1. The van der Waals surface area contributed by atoms with E-state index >= 15 is 0 Å². The molecule has 7 nitrogen and oxygen atoms in total. The molecule has 0 spiro atoms. The predicted molar refractivity (Wildman–Crippen MR) is 97.8 cm³/mol. The average Bonchev–Trinajstić information content (AvgIpc) is 2.53. The minimum atomic E-state index is -3.29. The van der Waals surface area contributed by atoms with Crippen LogP contribution in [0, 0.1) is 0 Å². The van der Waals surface area contributed by atoms with Crippen molar-refractivity contribution in [1.82, 2.24) is 5.32 Å². The maximum absolute atomic E-state index is 12.1. The van der Waals surface area contributed by atoms with E-state index in [9.17, 15) is 23.1 Å². The maximum atomic E-state index is 12.1. The molecule has 8 heteroatoms. The van der Waals surface area contributed by atoms with Crippen LogP contribution < -0.4 is 5.32 Å². The molecule has 26 heavy (non-hydrogen) atoms. The summed E-state index contributed by atoms with van der Waals surface area (Å²) >= 11 is 0. The van der Waals surface area contributed by atoms with Crippen molar-refractivity contribution in [3.63, 3.8) is 0 Å². The zero-order valence-electron chi connectivity index (χ0n) is 15.6. The molecule has 0 fully saturated rings. The number of amides is 1. The van der Waals surface area contributed by atoms with Crippen LogP contribution in [0.3, 0.4) is 0 Å². The van der Waals surface area contributed by atoms with E-state index in [2.05, 4.69) is 5.32 Å². The van der Waals surface area contributed by atoms with Gasteiger partial charge in [-0.25, -0.2) is 13.2 Å². The van der Waals surface area contributed by atoms with Crippen LogP contribution >= 0.6 is 0 Å². The molecule has 0 aliphatic heterocycles. The molecular formula is C18H27NO6S. The number of carboxylic acid groups (broad SMARTS) is 1. The van der Waals surface area contributed by atoms with Crippen LogP contribution in [0.5, 0.6) is 0 Å². The van der Waals surface area contributed by atoms with Gasteiger partial charge in [-0.3, -0.25) is 4.79 Å². The summed E-state index contributed by atoms with van der Waals surface area (Å²) < 4.78 is 29.0. The zero-order chi connectivity index (χ0) is 20.0. The standard InChI is InChI=1S/C18H27NO6S/c1-5-26(23,24)14-8-6-13(7-9-14)12-16(20)19-15(17(21)22)10-11-25-18(2,3)4/h6-9,15H,5,10-12H2,1-4H3,(H,19,20)(H,21,22). The third kappa shape index (κ3) is 7.53. The molecular weight excluding hydrogens is 358 g/mol. The molecule has 0 heterocycles. The van der Waals surface area contributed by atoms with Crippen LogP contribution in [0.15, 0.2) is 29.2 Å². The zero-order valence-corrected chi connectivity index (χ0v) is 16.4. The van der Waals surface area contributed by atoms with Gasteiger partial charge in [0.25, 0.3) is 0 Å². The van der Waals surface area contributed by atoms with Crippen molar-refractivity contribution in [2.45, 2.75) is 57.1 Å². The van der Waals surface area contributed by atoms with E-state index in [-0.39, 0.29) is 35.7 Å². The van der Waals surface area contributed by atoms with Gasteiger partial charge in [0.15, 0.2) is 9.84 Å². The Kier molecular flexibility index (Phi) is 7.77. The summed E-state index contributed by atoms with van der Waals surface area (Å²) in [6.45, 7) is 7.37. The molecule has 1 aromatic rings. The Morgan fingerprint density at radius 3 is 2.23 bits per heavy atom. The van der Waals surface area contributed by atoms with Gasteiger partial charge in [0, 0.05) is 13.0 Å². The maximum Gasteiger partial charge on any atom is 0.326 e. The van der Waals surface area contributed by atoms with Crippen LogP contribution in [0.4, 0.5) is 0 Å². The molecule has 0 saturated carbocycles. The lowest BCUT2D eigenvalue weighted by Gasteiger charge is -2.21. The van der Waals surface area contributed by atoms with Crippen molar-refractivity contribution in [2.24, 2.45) is 0 Å². The number of ether oxygens (including phenoxy) is 1. The quantitative estimate of drug-likeness (QED) is 0.671. The van der Waals surface area contributed by atoms with Crippen molar-refractivity contribution in [3.05, 3.63) is 29.8 Å². The summed E-state index contributed by atoms with van der Waals surface area (Å²) in [6, 6.07) is 4.98. The van der Waals surface area contributed by atoms with Crippen molar-refractivity contribution in [2.75, 3.05) is 12.4 Å². The predicted octanol–water partition coefficient (Wildman–Crippen LogP) is 1.80. The second-order valence-corrected chi connectivity index (χ2v) is 9.21. The Morgan fingerprint density at radius 2 is 1.77 bits per heavy atom. The number of carbonyl (C=O) groups is 2. The van der Waals surface area contributed by atoms with E-state index in [1.165, 1.54) is 12.1 Å². The second kappa shape index (κ2) is 9.14. The summed E-state index contributed by atoms with van der Waals surface area (Å²) in [5.41, 5.74) is 0.223. The van der Waals surface area contributed by atoms with Crippen molar-refractivity contribution in [3.8, 4) is 0 Å². The lowest BCUT2D eigenvalue weighted by atomic mass is 10.1. The van der Waals surface area contributed by atoms with Crippen LogP contribution in [0.2, 0.25) is 0 Å². The van der Waals surface area contributed by atoms with E-state index in [1.807, 2.05) is 20.8 Å². The summed E-state index contributed by atoms with van der Waals surface area (Å²) in [4.78, 5) is 23.6. The topological polar surface area (TPSA) is 110 Å². The molecule has 0 saturated heterocycles. The summed E-state index contributed by atoms with van der Waals surface area (Å²) in [6.07, 6.45) is 0.127. The first-order chi connectivity index (χ1) is 11.9. The third-order valence-electron chi connectivity index (χ3n) is 3.60. The molecule has 146 valence electrons.